The van der Waals surface area contributed by atoms with E-state index in [0.29, 0.717) is 16.6 Å². The molecule has 1 aromatic rings. The van der Waals surface area contributed by atoms with E-state index in [1.165, 1.54) is 6.42 Å². The van der Waals surface area contributed by atoms with Gasteiger partial charge < -0.3 is 5.32 Å². The highest BCUT2D eigenvalue weighted by molar-refractivity contribution is 6.99. The minimum absolute atomic E-state index is 0.396. The van der Waals surface area contributed by atoms with Gasteiger partial charge in [-0.2, -0.15) is 8.75 Å². The molecular weight excluding hydrogens is 194 g/mol. The van der Waals surface area contributed by atoms with E-state index in [9.17, 15) is 0 Å². The molecule has 0 bridgehead atoms. The SMILES string of the molecule is CC1(C)CC1Nc1nsnc1Cl. The minimum Gasteiger partial charge on any atom is -0.363 e. The predicted molar refractivity (Wildman–Crippen MR) is 50.7 cm³/mol. The first-order valence-electron chi connectivity index (χ1n) is 3.84. The molecule has 0 aromatic carbocycles. The van der Waals surface area contributed by atoms with E-state index in [-0.39, 0.29) is 0 Å². The first kappa shape index (κ1) is 8.26. The van der Waals surface area contributed by atoms with Gasteiger partial charge in [0.15, 0.2) is 11.0 Å². The van der Waals surface area contributed by atoms with Crippen molar-refractivity contribution in [3.63, 3.8) is 0 Å². The van der Waals surface area contributed by atoms with Gasteiger partial charge in [0, 0.05) is 6.04 Å². The second kappa shape index (κ2) is 2.57. The smallest absolute Gasteiger partial charge is 0.186 e. The van der Waals surface area contributed by atoms with Gasteiger partial charge in [0.2, 0.25) is 0 Å². The molecule has 1 heterocycles. The van der Waals surface area contributed by atoms with E-state index < -0.39 is 0 Å². The highest BCUT2D eigenvalue weighted by atomic mass is 35.5. The Morgan fingerprint density at radius 3 is 2.67 bits per heavy atom. The van der Waals surface area contributed by atoms with Gasteiger partial charge in [-0.15, -0.1) is 0 Å². The Kier molecular flexibility index (Phi) is 1.77. The average Bonchev–Trinajstić information content (AvgIpc) is 2.39. The number of anilines is 1. The van der Waals surface area contributed by atoms with Gasteiger partial charge in [-0.05, 0) is 11.8 Å². The average molecular weight is 204 g/mol. The second-order valence-corrected chi connectivity index (χ2v) is 4.68. The molecule has 0 radical (unpaired) electrons. The summed E-state index contributed by atoms with van der Waals surface area (Å²) in [5, 5.41) is 3.75. The summed E-state index contributed by atoms with van der Waals surface area (Å²) < 4.78 is 7.93. The molecule has 66 valence electrons. The van der Waals surface area contributed by atoms with Gasteiger partial charge in [-0.25, -0.2) is 0 Å². The molecular formula is C7H10ClN3S. The molecule has 0 aliphatic heterocycles. The molecule has 1 aromatic heterocycles. The lowest BCUT2D eigenvalue weighted by molar-refractivity contribution is 0.630. The van der Waals surface area contributed by atoms with Gasteiger partial charge in [0.05, 0.1) is 11.7 Å². The maximum atomic E-state index is 5.78. The molecule has 2 rings (SSSR count). The number of rotatable bonds is 2. The largest absolute Gasteiger partial charge is 0.363 e. The lowest BCUT2D eigenvalue weighted by atomic mass is 10.2. The summed E-state index contributed by atoms with van der Waals surface area (Å²) in [5.74, 6) is 0.734. The Bertz CT molecular complexity index is 297. The van der Waals surface area contributed by atoms with E-state index in [2.05, 4.69) is 27.9 Å². The highest BCUT2D eigenvalue weighted by Crippen LogP contribution is 2.46. The molecule has 0 amide bonds. The van der Waals surface area contributed by atoms with Gasteiger partial charge in [-0.1, -0.05) is 25.4 Å². The minimum atomic E-state index is 0.396. The summed E-state index contributed by atoms with van der Waals surface area (Å²) in [6.45, 7) is 4.44. The van der Waals surface area contributed by atoms with Crippen LogP contribution in [0.5, 0.6) is 0 Å². The van der Waals surface area contributed by atoms with Crippen LogP contribution in [0.2, 0.25) is 5.15 Å². The molecule has 1 aliphatic rings. The maximum absolute atomic E-state index is 5.78. The third kappa shape index (κ3) is 1.41. The summed E-state index contributed by atoms with van der Waals surface area (Å²) in [5.41, 5.74) is 0.396. The molecule has 1 aliphatic carbocycles. The number of hydrogen-bond donors (Lipinski definition) is 1. The Balaban J connectivity index is 2.02. The van der Waals surface area contributed by atoms with Crippen LogP contribution in [0.1, 0.15) is 20.3 Å². The van der Waals surface area contributed by atoms with E-state index >= 15 is 0 Å². The number of nitrogens with zero attached hydrogens (tertiary/aromatic N) is 2. The van der Waals surface area contributed by atoms with Gasteiger partial charge in [-0.3, -0.25) is 0 Å². The van der Waals surface area contributed by atoms with Crippen molar-refractivity contribution in [2.45, 2.75) is 26.3 Å². The Labute approximate surface area is 80.5 Å². The first-order chi connectivity index (χ1) is 5.59. The number of nitrogens with one attached hydrogen (secondary N) is 1. The van der Waals surface area contributed by atoms with Crippen LogP contribution >= 0.6 is 23.3 Å². The van der Waals surface area contributed by atoms with Crippen LogP contribution in [0, 0.1) is 5.41 Å². The van der Waals surface area contributed by atoms with E-state index in [1.807, 2.05) is 0 Å². The molecule has 3 nitrogen and oxygen atoms in total. The van der Waals surface area contributed by atoms with Crippen molar-refractivity contribution in [2.24, 2.45) is 5.41 Å². The fraction of sp³-hybridized carbons (Fsp3) is 0.714. The Morgan fingerprint density at radius 1 is 1.58 bits per heavy atom. The van der Waals surface area contributed by atoms with Crippen LogP contribution in [0.4, 0.5) is 5.82 Å². The lowest BCUT2D eigenvalue weighted by Crippen LogP contribution is -2.08. The first-order valence-corrected chi connectivity index (χ1v) is 4.95. The molecule has 1 N–H and O–H groups in total. The number of halogens is 1. The zero-order valence-corrected chi connectivity index (χ0v) is 8.54. The summed E-state index contributed by atoms with van der Waals surface area (Å²) in [4.78, 5) is 0. The van der Waals surface area contributed by atoms with Crippen molar-refractivity contribution < 1.29 is 0 Å². The van der Waals surface area contributed by atoms with Crippen molar-refractivity contribution in [1.29, 1.82) is 0 Å². The molecule has 1 unspecified atom stereocenters. The topological polar surface area (TPSA) is 37.8 Å². The fourth-order valence-corrected chi connectivity index (χ4v) is 1.80. The van der Waals surface area contributed by atoms with Gasteiger partial charge in [0.25, 0.3) is 0 Å². The quantitative estimate of drug-likeness (QED) is 0.802. The predicted octanol–water partition coefficient (Wildman–Crippen LogP) is 2.40. The summed E-state index contributed by atoms with van der Waals surface area (Å²) in [7, 11) is 0. The summed E-state index contributed by atoms with van der Waals surface area (Å²) >= 11 is 6.92. The van der Waals surface area contributed by atoms with Crippen LogP contribution in [-0.4, -0.2) is 14.8 Å². The molecule has 12 heavy (non-hydrogen) atoms. The van der Waals surface area contributed by atoms with Crippen molar-refractivity contribution in [3.05, 3.63) is 5.15 Å². The van der Waals surface area contributed by atoms with Crippen molar-refractivity contribution in [1.82, 2.24) is 8.75 Å². The normalized spacial score (nSPS) is 25.4. The highest BCUT2D eigenvalue weighted by Gasteiger charge is 2.46. The van der Waals surface area contributed by atoms with E-state index in [0.717, 1.165) is 17.5 Å². The Morgan fingerprint density at radius 2 is 2.25 bits per heavy atom. The van der Waals surface area contributed by atoms with Gasteiger partial charge in [0.1, 0.15) is 0 Å². The zero-order chi connectivity index (χ0) is 8.77. The molecule has 1 saturated carbocycles. The molecule has 0 saturated heterocycles. The van der Waals surface area contributed by atoms with Gasteiger partial charge >= 0.3 is 0 Å². The molecule has 1 atom stereocenters. The van der Waals surface area contributed by atoms with Crippen LogP contribution in [0.15, 0.2) is 0 Å². The summed E-state index contributed by atoms with van der Waals surface area (Å²) in [6.07, 6.45) is 1.18. The summed E-state index contributed by atoms with van der Waals surface area (Å²) in [6, 6.07) is 0.513. The fourth-order valence-electron chi connectivity index (χ4n) is 1.14. The standard InChI is InChI=1S/C7H10ClN3S/c1-7(2)3-4(7)9-6-5(8)10-12-11-6/h4H,3H2,1-2H3,(H,9,11). The molecule has 0 spiro atoms. The van der Waals surface area contributed by atoms with Crippen molar-refractivity contribution >= 4 is 29.1 Å². The third-order valence-corrected chi connectivity index (χ3v) is 3.17. The third-order valence-electron chi connectivity index (χ3n) is 2.27. The monoisotopic (exact) mass is 203 g/mol. The second-order valence-electron chi connectivity index (χ2n) is 3.79. The Hall–Kier alpha value is -0.350. The van der Waals surface area contributed by atoms with Crippen LogP contribution in [0.3, 0.4) is 0 Å². The number of hydrogen-bond acceptors (Lipinski definition) is 4. The van der Waals surface area contributed by atoms with Crippen LogP contribution < -0.4 is 5.32 Å². The molecule has 5 heteroatoms. The van der Waals surface area contributed by atoms with Crippen molar-refractivity contribution in [2.75, 3.05) is 5.32 Å². The molecule has 1 fully saturated rings. The van der Waals surface area contributed by atoms with Crippen LogP contribution in [0.25, 0.3) is 0 Å². The lowest BCUT2D eigenvalue weighted by Gasteiger charge is -2.03. The van der Waals surface area contributed by atoms with E-state index in [1.54, 1.807) is 0 Å². The van der Waals surface area contributed by atoms with E-state index in [4.69, 9.17) is 11.6 Å². The van der Waals surface area contributed by atoms with Crippen molar-refractivity contribution in [3.8, 4) is 0 Å². The zero-order valence-electron chi connectivity index (χ0n) is 6.97. The maximum Gasteiger partial charge on any atom is 0.186 e. The number of aromatic nitrogens is 2. The van der Waals surface area contributed by atoms with Crippen LogP contribution in [-0.2, 0) is 0 Å².